The van der Waals surface area contributed by atoms with Crippen LogP contribution in [0.1, 0.15) is 37.8 Å². The molecule has 0 spiro atoms. The summed E-state index contributed by atoms with van der Waals surface area (Å²) in [6, 6.07) is 2.49. The molecular weight excluding hydrogens is 288 g/mol. The molecule has 2 rings (SSSR count). The number of nitrogens with one attached hydrogen (secondary N) is 1. The van der Waals surface area contributed by atoms with Crippen LogP contribution < -0.4 is 5.32 Å². The topological polar surface area (TPSA) is 12.0 Å². The van der Waals surface area contributed by atoms with Crippen LogP contribution in [0, 0.1) is 17.6 Å². The van der Waals surface area contributed by atoms with E-state index in [1.54, 1.807) is 0 Å². The van der Waals surface area contributed by atoms with Crippen molar-refractivity contribution in [1.29, 1.82) is 0 Å². The van der Waals surface area contributed by atoms with Gasteiger partial charge in [0, 0.05) is 16.1 Å². The fourth-order valence-electron chi connectivity index (χ4n) is 2.08. The van der Waals surface area contributed by atoms with Gasteiger partial charge < -0.3 is 5.32 Å². The molecule has 0 aromatic heterocycles. The zero-order chi connectivity index (χ0) is 12.4. The van der Waals surface area contributed by atoms with Gasteiger partial charge in [-0.2, -0.15) is 0 Å². The standard InChI is InChI=1S/C13H16BrF2N/c1-2-5-17-13(8-3-4-8)12-10(15)6-9(14)7-11(12)16/h6-8,13,17H,2-5H2,1H3. The second-order valence-corrected chi connectivity index (χ2v) is 5.47. The second kappa shape index (κ2) is 5.44. The Morgan fingerprint density at radius 1 is 1.35 bits per heavy atom. The van der Waals surface area contributed by atoms with Crippen LogP contribution in [0.25, 0.3) is 0 Å². The van der Waals surface area contributed by atoms with Crippen LogP contribution in [-0.2, 0) is 0 Å². The molecule has 1 nitrogen and oxygen atoms in total. The van der Waals surface area contributed by atoms with Gasteiger partial charge in [-0.3, -0.25) is 0 Å². The van der Waals surface area contributed by atoms with Gasteiger partial charge >= 0.3 is 0 Å². The highest BCUT2D eigenvalue weighted by molar-refractivity contribution is 9.10. The normalized spacial score (nSPS) is 17.2. The van der Waals surface area contributed by atoms with Crippen LogP contribution in [0.4, 0.5) is 8.78 Å². The van der Waals surface area contributed by atoms with Gasteiger partial charge in [0.15, 0.2) is 0 Å². The molecule has 1 aromatic carbocycles. The van der Waals surface area contributed by atoms with E-state index in [4.69, 9.17) is 0 Å². The smallest absolute Gasteiger partial charge is 0.132 e. The van der Waals surface area contributed by atoms with Crippen LogP contribution in [-0.4, -0.2) is 6.54 Å². The van der Waals surface area contributed by atoms with E-state index in [0.717, 1.165) is 25.8 Å². The molecule has 1 aliphatic rings. The largest absolute Gasteiger partial charge is 0.310 e. The lowest BCUT2D eigenvalue weighted by Gasteiger charge is -2.20. The molecule has 4 heteroatoms. The SMILES string of the molecule is CCCNC(c1c(F)cc(Br)cc1F)C1CC1. The minimum atomic E-state index is -0.461. The fraction of sp³-hybridized carbons (Fsp3) is 0.538. The molecule has 1 N–H and O–H groups in total. The molecule has 1 fully saturated rings. The molecule has 1 atom stereocenters. The van der Waals surface area contributed by atoms with Gasteiger partial charge in [0.05, 0.1) is 0 Å². The van der Waals surface area contributed by atoms with Crippen LogP contribution in [0.2, 0.25) is 0 Å². The minimum absolute atomic E-state index is 0.178. The van der Waals surface area contributed by atoms with E-state index in [-0.39, 0.29) is 11.6 Å². The Balaban J connectivity index is 2.28. The summed E-state index contributed by atoms with van der Waals surface area (Å²) in [5.74, 6) is -0.540. The van der Waals surface area contributed by atoms with Crippen LogP contribution in [0.3, 0.4) is 0 Å². The van der Waals surface area contributed by atoms with Crippen molar-refractivity contribution in [3.8, 4) is 0 Å². The van der Waals surface area contributed by atoms with Gasteiger partial charge in [-0.15, -0.1) is 0 Å². The third kappa shape index (κ3) is 3.05. The van der Waals surface area contributed by atoms with Crippen molar-refractivity contribution in [2.45, 2.75) is 32.2 Å². The molecule has 1 saturated carbocycles. The van der Waals surface area contributed by atoms with Crippen molar-refractivity contribution in [1.82, 2.24) is 5.32 Å². The average Bonchev–Trinajstić information content (AvgIpc) is 3.05. The molecule has 0 saturated heterocycles. The first-order chi connectivity index (χ1) is 8.13. The monoisotopic (exact) mass is 303 g/mol. The number of hydrogen-bond donors (Lipinski definition) is 1. The Bertz CT molecular complexity index is 381. The van der Waals surface area contributed by atoms with E-state index >= 15 is 0 Å². The second-order valence-electron chi connectivity index (χ2n) is 4.55. The van der Waals surface area contributed by atoms with E-state index in [0.29, 0.717) is 10.4 Å². The van der Waals surface area contributed by atoms with E-state index < -0.39 is 11.6 Å². The molecule has 0 bridgehead atoms. The van der Waals surface area contributed by atoms with Gasteiger partial charge in [-0.05, 0) is 43.9 Å². The Kier molecular flexibility index (Phi) is 4.15. The van der Waals surface area contributed by atoms with E-state index in [1.807, 2.05) is 6.92 Å². The predicted octanol–water partition coefficient (Wildman–Crippen LogP) is 4.18. The number of rotatable bonds is 5. The highest BCUT2D eigenvalue weighted by Crippen LogP contribution is 2.42. The summed E-state index contributed by atoms with van der Waals surface area (Å²) in [5.41, 5.74) is 0.198. The molecule has 0 aliphatic heterocycles. The maximum atomic E-state index is 13.9. The molecular formula is C13H16BrF2N. The highest BCUT2D eigenvalue weighted by Gasteiger charge is 2.35. The summed E-state index contributed by atoms with van der Waals surface area (Å²) in [4.78, 5) is 0. The number of hydrogen-bond acceptors (Lipinski definition) is 1. The average molecular weight is 304 g/mol. The minimum Gasteiger partial charge on any atom is -0.310 e. The highest BCUT2D eigenvalue weighted by atomic mass is 79.9. The molecule has 1 unspecified atom stereocenters. The zero-order valence-electron chi connectivity index (χ0n) is 9.77. The van der Waals surface area contributed by atoms with Gasteiger partial charge in [0.2, 0.25) is 0 Å². The third-order valence-electron chi connectivity index (χ3n) is 3.06. The molecule has 1 aromatic rings. The Labute approximate surface area is 109 Å². The Morgan fingerprint density at radius 3 is 2.41 bits per heavy atom. The van der Waals surface area contributed by atoms with Crippen molar-refractivity contribution in [3.05, 3.63) is 33.8 Å². The van der Waals surface area contributed by atoms with Gasteiger partial charge in [-0.25, -0.2) is 8.78 Å². The van der Waals surface area contributed by atoms with Gasteiger partial charge in [-0.1, -0.05) is 22.9 Å². The van der Waals surface area contributed by atoms with Gasteiger partial charge in [0.1, 0.15) is 11.6 Å². The van der Waals surface area contributed by atoms with Crippen molar-refractivity contribution in [2.24, 2.45) is 5.92 Å². The number of halogens is 3. The van der Waals surface area contributed by atoms with Crippen LogP contribution >= 0.6 is 15.9 Å². The van der Waals surface area contributed by atoms with Crippen LogP contribution in [0.5, 0.6) is 0 Å². The summed E-state index contributed by atoms with van der Waals surface area (Å²) in [6.07, 6.45) is 3.07. The van der Waals surface area contributed by atoms with Crippen molar-refractivity contribution >= 4 is 15.9 Å². The van der Waals surface area contributed by atoms with E-state index in [1.165, 1.54) is 12.1 Å². The van der Waals surface area contributed by atoms with E-state index in [9.17, 15) is 8.78 Å². The lowest BCUT2D eigenvalue weighted by molar-refractivity contribution is 0.432. The zero-order valence-corrected chi connectivity index (χ0v) is 11.4. The summed E-state index contributed by atoms with van der Waals surface area (Å²) in [5, 5.41) is 3.25. The van der Waals surface area contributed by atoms with Crippen molar-refractivity contribution < 1.29 is 8.78 Å². The molecule has 94 valence electrons. The Hall–Kier alpha value is -0.480. The maximum Gasteiger partial charge on any atom is 0.132 e. The molecule has 1 aliphatic carbocycles. The third-order valence-corrected chi connectivity index (χ3v) is 3.52. The summed E-state index contributed by atoms with van der Waals surface area (Å²) >= 11 is 3.10. The van der Waals surface area contributed by atoms with Gasteiger partial charge in [0.25, 0.3) is 0 Å². The van der Waals surface area contributed by atoms with Crippen molar-refractivity contribution in [3.63, 3.8) is 0 Å². The Morgan fingerprint density at radius 2 is 1.94 bits per heavy atom. The molecule has 0 amide bonds. The summed E-state index contributed by atoms with van der Waals surface area (Å²) < 4.78 is 28.2. The fourth-order valence-corrected chi connectivity index (χ4v) is 2.49. The van der Waals surface area contributed by atoms with Crippen LogP contribution in [0.15, 0.2) is 16.6 Å². The first-order valence-corrected chi connectivity index (χ1v) is 6.80. The first kappa shape index (κ1) is 13.0. The lowest BCUT2D eigenvalue weighted by atomic mass is 10.0. The maximum absolute atomic E-state index is 13.9. The molecule has 0 heterocycles. The van der Waals surface area contributed by atoms with Crippen molar-refractivity contribution in [2.75, 3.05) is 6.54 Å². The predicted molar refractivity (Wildman–Crippen MR) is 67.8 cm³/mol. The quantitative estimate of drug-likeness (QED) is 0.860. The summed E-state index contributed by atoms with van der Waals surface area (Å²) in [6.45, 7) is 2.83. The van der Waals surface area contributed by atoms with E-state index in [2.05, 4.69) is 21.2 Å². The number of benzene rings is 1. The summed E-state index contributed by atoms with van der Waals surface area (Å²) in [7, 11) is 0. The lowest BCUT2D eigenvalue weighted by Crippen LogP contribution is -2.25. The molecule has 0 radical (unpaired) electrons. The molecule has 17 heavy (non-hydrogen) atoms. The first-order valence-electron chi connectivity index (χ1n) is 6.01.